The molecule has 0 unspecified atom stereocenters. The van der Waals surface area contributed by atoms with E-state index in [4.69, 9.17) is 0 Å². The van der Waals surface area contributed by atoms with Crippen LogP contribution in [-0.2, 0) is 18.3 Å². The molecular weight excluding hydrogens is 641 g/mol. The van der Waals surface area contributed by atoms with Crippen LogP contribution in [0.1, 0.15) is 22.3 Å². The van der Waals surface area contributed by atoms with Crippen molar-refractivity contribution in [1.29, 1.82) is 0 Å². The SMILES string of the molecule is c1ccc(N(c2cccc(-c3ccc4c(c3)c3ccccc3n4-c3ccccc3)c2)c2ccc3c(c2)C2(Cc4ccccc4C2)c2ccccc2-3)cc1. The van der Waals surface area contributed by atoms with E-state index in [9.17, 15) is 0 Å². The molecule has 0 aliphatic heterocycles. The molecule has 2 aliphatic rings. The number of aromatic nitrogens is 1. The van der Waals surface area contributed by atoms with Crippen molar-refractivity contribution in [2.24, 2.45) is 0 Å². The van der Waals surface area contributed by atoms with Gasteiger partial charge in [0.25, 0.3) is 0 Å². The predicted molar refractivity (Wildman–Crippen MR) is 221 cm³/mol. The molecule has 11 rings (SSSR count). The first-order valence-electron chi connectivity index (χ1n) is 18.6. The molecule has 0 saturated heterocycles. The Hall–Kier alpha value is -6.64. The fourth-order valence-corrected chi connectivity index (χ4v) is 9.44. The maximum Gasteiger partial charge on any atom is 0.0541 e. The molecule has 2 heteroatoms. The molecule has 8 aromatic carbocycles. The van der Waals surface area contributed by atoms with Crippen LogP contribution in [-0.4, -0.2) is 4.57 Å². The second-order valence-electron chi connectivity index (χ2n) is 14.6. The molecule has 0 fully saturated rings. The average Bonchev–Trinajstić information content (AvgIpc) is 3.87. The number of benzene rings is 8. The Bertz CT molecular complexity index is 2820. The van der Waals surface area contributed by atoms with Crippen molar-refractivity contribution in [3.8, 4) is 27.9 Å². The van der Waals surface area contributed by atoms with Crippen LogP contribution in [0.25, 0.3) is 49.7 Å². The first-order chi connectivity index (χ1) is 26.2. The molecular formula is C51H36N2. The van der Waals surface area contributed by atoms with Crippen molar-refractivity contribution in [3.63, 3.8) is 0 Å². The summed E-state index contributed by atoms with van der Waals surface area (Å²) in [6, 6.07) is 71.6. The van der Waals surface area contributed by atoms with E-state index in [1.54, 1.807) is 0 Å². The molecule has 9 aromatic rings. The Morgan fingerprint density at radius 1 is 0.396 bits per heavy atom. The Morgan fingerprint density at radius 3 is 1.85 bits per heavy atom. The van der Waals surface area contributed by atoms with Gasteiger partial charge in [-0.1, -0.05) is 127 Å². The molecule has 0 amide bonds. The quantitative estimate of drug-likeness (QED) is 0.176. The van der Waals surface area contributed by atoms with Crippen molar-refractivity contribution in [2.75, 3.05) is 4.90 Å². The molecule has 53 heavy (non-hydrogen) atoms. The van der Waals surface area contributed by atoms with Gasteiger partial charge in [0.2, 0.25) is 0 Å². The minimum absolute atomic E-state index is 0.0653. The van der Waals surface area contributed by atoms with Crippen LogP contribution in [0.3, 0.4) is 0 Å². The molecule has 1 spiro atoms. The molecule has 2 nitrogen and oxygen atoms in total. The summed E-state index contributed by atoms with van der Waals surface area (Å²) in [6.45, 7) is 0. The largest absolute Gasteiger partial charge is 0.310 e. The van der Waals surface area contributed by atoms with Gasteiger partial charge in [0.05, 0.1) is 11.0 Å². The Balaban J connectivity index is 1.05. The highest BCUT2D eigenvalue weighted by atomic mass is 15.1. The lowest BCUT2D eigenvalue weighted by atomic mass is 9.75. The van der Waals surface area contributed by atoms with Crippen molar-refractivity contribution in [2.45, 2.75) is 18.3 Å². The third kappa shape index (κ3) is 4.59. The second kappa shape index (κ2) is 11.7. The maximum atomic E-state index is 2.49. The van der Waals surface area contributed by atoms with E-state index in [1.807, 2.05) is 0 Å². The molecule has 0 bridgehead atoms. The Morgan fingerprint density at radius 2 is 1.02 bits per heavy atom. The van der Waals surface area contributed by atoms with Crippen LogP contribution in [0.5, 0.6) is 0 Å². The monoisotopic (exact) mass is 676 g/mol. The number of hydrogen-bond acceptors (Lipinski definition) is 1. The highest BCUT2D eigenvalue weighted by Crippen LogP contribution is 2.56. The van der Waals surface area contributed by atoms with Crippen LogP contribution in [0, 0.1) is 0 Å². The van der Waals surface area contributed by atoms with E-state index in [2.05, 4.69) is 204 Å². The van der Waals surface area contributed by atoms with E-state index in [0.717, 1.165) is 24.2 Å². The summed E-state index contributed by atoms with van der Waals surface area (Å²) >= 11 is 0. The number of hydrogen-bond donors (Lipinski definition) is 0. The zero-order valence-electron chi connectivity index (χ0n) is 29.3. The standard InChI is InChI=1S/C51H36N2/c1-3-17-39(18-4-1)52(42-27-28-44-43-22-9-11-24-47(43)51(48(44)32-42)33-37-14-7-8-15-38(37)34-51)41-21-13-16-35(30-41)36-26-29-50-46(31-36)45-23-10-12-25-49(45)53(50)40-19-5-2-6-20-40/h1-32H,33-34H2. The van der Waals surface area contributed by atoms with E-state index in [1.165, 1.54) is 77.7 Å². The average molecular weight is 677 g/mol. The number of nitrogens with zero attached hydrogens (tertiary/aromatic N) is 2. The predicted octanol–water partition coefficient (Wildman–Crippen LogP) is 13.0. The second-order valence-corrected chi connectivity index (χ2v) is 14.6. The zero-order chi connectivity index (χ0) is 34.9. The van der Waals surface area contributed by atoms with E-state index >= 15 is 0 Å². The number of para-hydroxylation sites is 3. The molecule has 0 N–H and O–H groups in total. The number of rotatable bonds is 5. The number of anilines is 3. The van der Waals surface area contributed by atoms with E-state index in [-0.39, 0.29) is 5.41 Å². The minimum atomic E-state index is -0.0653. The van der Waals surface area contributed by atoms with Crippen molar-refractivity contribution in [1.82, 2.24) is 4.57 Å². The van der Waals surface area contributed by atoms with Gasteiger partial charge < -0.3 is 9.47 Å². The summed E-state index contributed by atoms with van der Waals surface area (Å²) in [7, 11) is 0. The van der Waals surface area contributed by atoms with Gasteiger partial charge >= 0.3 is 0 Å². The minimum Gasteiger partial charge on any atom is -0.310 e. The topological polar surface area (TPSA) is 8.17 Å². The van der Waals surface area contributed by atoms with Crippen LogP contribution in [0.15, 0.2) is 194 Å². The summed E-state index contributed by atoms with van der Waals surface area (Å²) in [6.07, 6.45) is 2.06. The molecule has 2 aliphatic carbocycles. The van der Waals surface area contributed by atoms with Gasteiger partial charge in [0.15, 0.2) is 0 Å². The van der Waals surface area contributed by atoms with E-state index in [0.29, 0.717) is 0 Å². The lowest BCUT2D eigenvalue weighted by Crippen LogP contribution is -2.26. The van der Waals surface area contributed by atoms with Gasteiger partial charge in [-0.2, -0.15) is 0 Å². The molecule has 0 saturated carbocycles. The smallest absolute Gasteiger partial charge is 0.0541 e. The first kappa shape index (κ1) is 30.0. The van der Waals surface area contributed by atoms with Gasteiger partial charge in [0, 0.05) is 38.9 Å². The highest BCUT2D eigenvalue weighted by molar-refractivity contribution is 6.10. The maximum absolute atomic E-state index is 2.49. The van der Waals surface area contributed by atoms with Crippen LogP contribution >= 0.6 is 0 Å². The molecule has 250 valence electrons. The van der Waals surface area contributed by atoms with Crippen LogP contribution < -0.4 is 4.90 Å². The summed E-state index contributed by atoms with van der Waals surface area (Å²) < 4.78 is 2.38. The highest BCUT2D eigenvalue weighted by Gasteiger charge is 2.47. The molecule has 0 radical (unpaired) electrons. The van der Waals surface area contributed by atoms with Crippen molar-refractivity contribution < 1.29 is 0 Å². The van der Waals surface area contributed by atoms with Gasteiger partial charge in [-0.15, -0.1) is 0 Å². The summed E-state index contributed by atoms with van der Waals surface area (Å²) in [5.41, 5.74) is 18.0. The van der Waals surface area contributed by atoms with Crippen molar-refractivity contribution >= 4 is 38.9 Å². The van der Waals surface area contributed by atoms with Gasteiger partial charge in [-0.25, -0.2) is 0 Å². The number of fused-ring (bicyclic) bond motifs is 9. The third-order valence-electron chi connectivity index (χ3n) is 11.8. The molecule has 1 aromatic heterocycles. The summed E-state index contributed by atoms with van der Waals surface area (Å²) in [4.78, 5) is 2.43. The van der Waals surface area contributed by atoms with E-state index < -0.39 is 0 Å². The zero-order valence-corrected chi connectivity index (χ0v) is 29.3. The molecule has 0 atom stereocenters. The van der Waals surface area contributed by atoms with Crippen molar-refractivity contribution in [3.05, 3.63) is 216 Å². The lowest BCUT2D eigenvalue weighted by Gasteiger charge is -2.30. The van der Waals surface area contributed by atoms with Crippen LogP contribution in [0.4, 0.5) is 17.1 Å². The van der Waals surface area contributed by atoms with Gasteiger partial charge in [-0.05, 0) is 124 Å². The van der Waals surface area contributed by atoms with Crippen LogP contribution in [0.2, 0.25) is 0 Å². The normalized spacial score (nSPS) is 13.7. The van der Waals surface area contributed by atoms with Gasteiger partial charge in [0.1, 0.15) is 0 Å². The Labute approximate surface area is 309 Å². The molecule has 1 heterocycles. The van der Waals surface area contributed by atoms with Gasteiger partial charge in [-0.3, -0.25) is 0 Å². The third-order valence-corrected chi connectivity index (χ3v) is 11.8. The Kier molecular flexibility index (Phi) is 6.63. The summed E-state index contributed by atoms with van der Waals surface area (Å²) in [5.74, 6) is 0. The first-order valence-corrected chi connectivity index (χ1v) is 18.6. The lowest BCUT2D eigenvalue weighted by molar-refractivity contribution is 0.563. The summed E-state index contributed by atoms with van der Waals surface area (Å²) in [5, 5.41) is 2.52. The fourth-order valence-electron chi connectivity index (χ4n) is 9.44. The fraction of sp³-hybridized carbons (Fsp3) is 0.0588.